The van der Waals surface area contributed by atoms with Crippen LogP contribution in [0.25, 0.3) is 0 Å². The fourth-order valence-corrected chi connectivity index (χ4v) is 2.15. The minimum absolute atomic E-state index is 0.0128. The van der Waals surface area contributed by atoms with E-state index in [-0.39, 0.29) is 25.4 Å². The van der Waals surface area contributed by atoms with Gasteiger partial charge in [-0.05, 0) is 20.8 Å². The number of carbonyl (C=O) groups is 1. The van der Waals surface area contributed by atoms with Gasteiger partial charge in [-0.2, -0.15) is 9.40 Å². The van der Waals surface area contributed by atoms with E-state index in [0.717, 1.165) is 10.8 Å². The summed E-state index contributed by atoms with van der Waals surface area (Å²) in [6, 6.07) is -0.768. The van der Waals surface area contributed by atoms with Crippen molar-refractivity contribution < 1.29 is 13.9 Å². The molecule has 1 rings (SSSR count). The van der Waals surface area contributed by atoms with Gasteiger partial charge in [-0.15, -0.1) is 16.5 Å². The first-order chi connectivity index (χ1) is 12.1. The number of nitrogens with zero attached hydrogens (tertiary/aromatic N) is 3. The van der Waals surface area contributed by atoms with Crippen molar-refractivity contribution in [3.8, 4) is 0 Å². The van der Waals surface area contributed by atoms with Crippen LogP contribution in [0, 0.1) is 10.7 Å². The quantitative estimate of drug-likeness (QED) is 0.391. The highest BCUT2D eigenvalue weighted by Crippen LogP contribution is 2.20. The number of aromatic nitrogens is 2. The summed E-state index contributed by atoms with van der Waals surface area (Å²) in [5.74, 6) is -1.12. The maximum atomic E-state index is 13.5. The largest absolute Gasteiger partial charge is 0.352 e. The molecule has 146 valence electrons. The number of hydrogen-bond donors (Lipinski definition) is 2. The molecule has 0 aliphatic carbocycles. The highest BCUT2D eigenvalue weighted by atomic mass is 35.5. The van der Waals surface area contributed by atoms with Crippen LogP contribution in [0.1, 0.15) is 33.4 Å². The summed E-state index contributed by atoms with van der Waals surface area (Å²) in [5.41, 5.74) is -2.69. The topological polar surface area (TPSA) is 126 Å². The minimum atomic E-state index is -1.14. The normalized spacial score (nSPS) is 12.5. The Morgan fingerprint density at radius 2 is 2.15 bits per heavy atom. The second-order valence-electron chi connectivity index (χ2n) is 6.24. The molecule has 0 aromatic carbocycles. The van der Waals surface area contributed by atoms with Crippen molar-refractivity contribution in [1.82, 2.24) is 19.9 Å². The van der Waals surface area contributed by atoms with Crippen molar-refractivity contribution in [3.05, 3.63) is 37.8 Å². The number of nitrogens with one attached hydrogen (secondary N) is 2. The predicted molar refractivity (Wildman–Crippen MR) is 92.4 cm³/mol. The second kappa shape index (κ2) is 9.43. The van der Waals surface area contributed by atoms with Crippen LogP contribution in [0.2, 0.25) is 0 Å². The maximum Gasteiger partial charge on any atom is 0.340 e. The first kappa shape index (κ1) is 21.8. The number of nitroso groups, excluding NO2 is 1. The van der Waals surface area contributed by atoms with Gasteiger partial charge in [0.25, 0.3) is 5.56 Å². The van der Waals surface area contributed by atoms with E-state index in [4.69, 9.17) is 16.3 Å². The van der Waals surface area contributed by atoms with Gasteiger partial charge in [0.05, 0.1) is 23.6 Å². The van der Waals surface area contributed by atoms with E-state index in [2.05, 4.69) is 10.6 Å². The lowest BCUT2D eigenvalue weighted by Crippen LogP contribution is -2.41. The average molecular weight is 394 g/mol. The van der Waals surface area contributed by atoms with Crippen molar-refractivity contribution in [1.29, 1.82) is 0 Å². The lowest BCUT2D eigenvalue weighted by Gasteiger charge is -2.28. The Balaban J connectivity index is 2.91. The number of aromatic amines is 1. The Morgan fingerprint density at radius 1 is 1.50 bits per heavy atom. The summed E-state index contributed by atoms with van der Waals surface area (Å²) in [5, 5.41) is 5.57. The number of halogens is 2. The second-order valence-corrected chi connectivity index (χ2v) is 6.62. The summed E-state index contributed by atoms with van der Waals surface area (Å²) in [7, 11) is 0. The highest BCUT2D eigenvalue weighted by molar-refractivity contribution is 6.18. The van der Waals surface area contributed by atoms with Crippen LogP contribution in [0.15, 0.2) is 21.1 Å². The summed E-state index contributed by atoms with van der Waals surface area (Å²) < 4.78 is 20.2. The molecule has 1 aromatic heterocycles. The average Bonchev–Trinajstić information content (AvgIpc) is 2.53. The zero-order valence-corrected chi connectivity index (χ0v) is 15.4. The molecule has 0 spiro atoms. The molecule has 0 aliphatic heterocycles. The number of carbonyl (C=O) groups excluding carboxylic acids is 1. The smallest absolute Gasteiger partial charge is 0.340 e. The molecule has 10 nitrogen and oxygen atoms in total. The fraction of sp³-hybridized carbons (Fsp3) is 0.643. The number of urea groups is 1. The number of hydrogen-bond acceptors (Lipinski definition) is 6. The third-order valence-electron chi connectivity index (χ3n) is 3.02. The predicted octanol–water partition coefficient (Wildman–Crippen LogP) is 1.31. The molecule has 0 aliphatic rings. The summed E-state index contributed by atoms with van der Waals surface area (Å²) >= 11 is 5.46. The van der Waals surface area contributed by atoms with Gasteiger partial charge in [-0.25, -0.2) is 9.59 Å². The molecule has 0 saturated carbocycles. The first-order valence-electron chi connectivity index (χ1n) is 7.72. The van der Waals surface area contributed by atoms with Gasteiger partial charge in [0.15, 0.2) is 0 Å². The van der Waals surface area contributed by atoms with E-state index in [0.29, 0.717) is 5.01 Å². The van der Waals surface area contributed by atoms with Crippen LogP contribution in [0.5, 0.6) is 0 Å². The molecule has 0 bridgehead atoms. The zero-order valence-electron chi connectivity index (χ0n) is 14.6. The molecule has 0 fully saturated rings. The number of rotatable bonds is 8. The van der Waals surface area contributed by atoms with Gasteiger partial charge >= 0.3 is 11.7 Å². The lowest BCUT2D eigenvalue weighted by molar-refractivity contribution is -0.101. The molecule has 26 heavy (non-hydrogen) atoms. The molecule has 1 unspecified atom stereocenters. The number of ether oxygens (including phenoxy) is 1. The number of H-pyrrole nitrogens is 1. The molecular formula is C14H21ClFN5O5. The third kappa shape index (κ3) is 6.56. The van der Waals surface area contributed by atoms with Gasteiger partial charge in [-0.3, -0.25) is 14.3 Å². The molecule has 0 saturated heterocycles. The van der Waals surface area contributed by atoms with Crippen LogP contribution in [0.3, 0.4) is 0 Å². The number of alkyl halides is 1. The maximum absolute atomic E-state index is 13.5. The Hall–Kier alpha value is -2.27. The summed E-state index contributed by atoms with van der Waals surface area (Å²) in [4.78, 5) is 47.3. The molecular weight excluding hydrogens is 373 g/mol. The van der Waals surface area contributed by atoms with Crippen LogP contribution in [-0.4, -0.2) is 45.2 Å². The van der Waals surface area contributed by atoms with Crippen LogP contribution >= 0.6 is 11.6 Å². The SMILES string of the molecule is CC(C)(C)OC(CCNC(=O)N(CCCl)N=O)n1cc(F)c(=O)[nH]c1=O. The van der Waals surface area contributed by atoms with Gasteiger partial charge in [0, 0.05) is 18.8 Å². The Labute approximate surface area is 153 Å². The van der Waals surface area contributed by atoms with Crippen molar-refractivity contribution in [2.75, 3.05) is 19.0 Å². The van der Waals surface area contributed by atoms with E-state index in [1.807, 2.05) is 4.98 Å². The number of amides is 2. The lowest BCUT2D eigenvalue weighted by atomic mass is 10.2. The van der Waals surface area contributed by atoms with E-state index in [1.54, 1.807) is 20.8 Å². The third-order valence-corrected chi connectivity index (χ3v) is 3.19. The van der Waals surface area contributed by atoms with Gasteiger partial charge in [0.2, 0.25) is 5.82 Å². The summed E-state index contributed by atoms with van der Waals surface area (Å²) in [6.45, 7) is 5.10. The highest BCUT2D eigenvalue weighted by Gasteiger charge is 2.23. The van der Waals surface area contributed by atoms with E-state index < -0.39 is 34.9 Å². The van der Waals surface area contributed by atoms with E-state index >= 15 is 0 Å². The van der Waals surface area contributed by atoms with Crippen LogP contribution < -0.4 is 16.6 Å². The molecule has 12 heteroatoms. The molecule has 1 heterocycles. The van der Waals surface area contributed by atoms with Crippen molar-refractivity contribution >= 4 is 17.6 Å². The monoisotopic (exact) mass is 393 g/mol. The van der Waals surface area contributed by atoms with Crippen molar-refractivity contribution in [3.63, 3.8) is 0 Å². The van der Waals surface area contributed by atoms with Gasteiger partial charge in [0.1, 0.15) is 6.23 Å². The van der Waals surface area contributed by atoms with Gasteiger partial charge in [-0.1, -0.05) is 0 Å². The van der Waals surface area contributed by atoms with Crippen molar-refractivity contribution in [2.24, 2.45) is 5.29 Å². The Morgan fingerprint density at radius 3 is 2.69 bits per heavy atom. The Bertz CT molecular complexity index is 744. The van der Waals surface area contributed by atoms with Gasteiger partial charge < -0.3 is 10.1 Å². The van der Waals surface area contributed by atoms with Crippen molar-refractivity contribution in [2.45, 2.75) is 39.0 Å². The molecule has 2 amide bonds. The molecule has 1 atom stereocenters. The molecule has 1 aromatic rings. The summed E-state index contributed by atoms with van der Waals surface area (Å²) in [6.07, 6.45) is -0.173. The van der Waals surface area contributed by atoms with Crippen LogP contribution in [0.4, 0.5) is 9.18 Å². The van der Waals surface area contributed by atoms with E-state index in [9.17, 15) is 23.7 Å². The Kier molecular flexibility index (Phi) is 7.90. The standard InChI is InChI=1S/C14H21ClFN5O5/c1-14(2,3)26-10(20-8-9(16)11(22)18-13(20)24)4-6-17-12(23)21(19-25)7-5-15/h8,10H,4-7H2,1-3H3,(H,17,23)(H,18,22,24). The fourth-order valence-electron chi connectivity index (χ4n) is 1.99. The van der Waals surface area contributed by atoms with Crippen LogP contribution in [-0.2, 0) is 4.74 Å². The zero-order chi connectivity index (χ0) is 19.9. The molecule has 0 radical (unpaired) electrons. The minimum Gasteiger partial charge on any atom is -0.352 e. The van der Waals surface area contributed by atoms with E-state index in [1.165, 1.54) is 0 Å². The molecule has 2 N–H and O–H groups in total. The first-order valence-corrected chi connectivity index (χ1v) is 8.26.